The third-order valence-electron chi connectivity index (χ3n) is 5.06. The van der Waals surface area contributed by atoms with Crippen molar-refractivity contribution in [3.63, 3.8) is 0 Å². The summed E-state index contributed by atoms with van der Waals surface area (Å²) in [5.74, 6) is 2.75. The maximum atomic E-state index is 6.02. The number of hydrogen-bond donors (Lipinski definition) is 1. The van der Waals surface area contributed by atoms with E-state index < -0.39 is 0 Å². The predicted molar refractivity (Wildman–Crippen MR) is 124 cm³/mol. The van der Waals surface area contributed by atoms with Crippen molar-refractivity contribution >= 4 is 22.7 Å². The maximum Gasteiger partial charge on any atom is 0.227 e. The summed E-state index contributed by atoms with van der Waals surface area (Å²) in [7, 11) is 0. The van der Waals surface area contributed by atoms with Crippen molar-refractivity contribution in [2.45, 2.75) is 32.9 Å². The lowest BCUT2D eigenvalue weighted by Crippen LogP contribution is -2.38. The van der Waals surface area contributed by atoms with E-state index >= 15 is 0 Å². The van der Waals surface area contributed by atoms with Gasteiger partial charge in [-0.2, -0.15) is 0 Å². The van der Waals surface area contributed by atoms with Crippen LogP contribution >= 0.6 is 11.6 Å². The molecule has 5 nitrogen and oxygen atoms in total. The first-order chi connectivity index (χ1) is 15.0. The molecule has 0 aliphatic heterocycles. The van der Waals surface area contributed by atoms with Crippen LogP contribution in [-0.4, -0.2) is 23.7 Å². The lowest BCUT2D eigenvalue weighted by atomic mass is 10.2. The van der Waals surface area contributed by atoms with Crippen molar-refractivity contribution < 1.29 is 13.9 Å². The highest BCUT2D eigenvalue weighted by Crippen LogP contribution is 2.30. The Morgan fingerprint density at radius 3 is 2.32 bits per heavy atom. The monoisotopic (exact) mass is 436 g/mol. The molecule has 0 bridgehead atoms. The molecule has 0 spiro atoms. The highest BCUT2D eigenvalue weighted by molar-refractivity contribution is 6.30. The molecular weight excluding hydrogens is 412 g/mol. The van der Waals surface area contributed by atoms with Crippen LogP contribution < -0.4 is 14.8 Å². The van der Waals surface area contributed by atoms with E-state index in [1.54, 1.807) is 12.1 Å². The second-order valence-corrected chi connectivity index (χ2v) is 7.83. The Kier molecular flexibility index (Phi) is 6.44. The normalized spacial score (nSPS) is 13.2. The number of ether oxygens (including phenoxy) is 2. The van der Waals surface area contributed by atoms with Crippen molar-refractivity contribution in [3.05, 3.63) is 71.8 Å². The molecular formula is C25H25ClN2O3. The molecule has 0 aliphatic rings. The minimum atomic E-state index is 0.0641. The number of rotatable bonds is 8. The van der Waals surface area contributed by atoms with Gasteiger partial charge in [0.2, 0.25) is 5.89 Å². The number of oxazole rings is 1. The van der Waals surface area contributed by atoms with Gasteiger partial charge < -0.3 is 19.2 Å². The van der Waals surface area contributed by atoms with Gasteiger partial charge in [0.1, 0.15) is 28.9 Å². The molecule has 0 saturated carbocycles. The lowest BCUT2D eigenvalue weighted by molar-refractivity contribution is 0.179. The number of likely N-dealkylation sites (N-methyl/N-ethyl adjacent to an activating group) is 1. The molecule has 0 radical (unpaired) electrons. The largest absolute Gasteiger partial charge is 0.489 e. The average Bonchev–Trinajstić information content (AvgIpc) is 3.19. The first kappa shape index (κ1) is 21.2. The summed E-state index contributed by atoms with van der Waals surface area (Å²) in [5.41, 5.74) is 2.32. The van der Waals surface area contributed by atoms with Gasteiger partial charge in [-0.15, -0.1) is 0 Å². The summed E-state index contributed by atoms with van der Waals surface area (Å²) < 4.78 is 17.9. The van der Waals surface area contributed by atoms with E-state index in [4.69, 9.17) is 25.5 Å². The van der Waals surface area contributed by atoms with Crippen LogP contribution in [0.3, 0.4) is 0 Å². The molecule has 31 heavy (non-hydrogen) atoms. The van der Waals surface area contributed by atoms with Crippen LogP contribution in [-0.2, 0) is 0 Å². The summed E-state index contributed by atoms with van der Waals surface area (Å²) in [6.45, 7) is 7.18. The van der Waals surface area contributed by atoms with E-state index in [1.165, 1.54) is 0 Å². The van der Waals surface area contributed by atoms with Crippen LogP contribution in [0.2, 0.25) is 5.02 Å². The van der Waals surface area contributed by atoms with E-state index in [-0.39, 0.29) is 12.1 Å². The van der Waals surface area contributed by atoms with Gasteiger partial charge in [-0.25, -0.2) is 4.98 Å². The summed E-state index contributed by atoms with van der Waals surface area (Å²) in [6, 6.07) is 20.9. The van der Waals surface area contributed by atoms with Crippen molar-refractivity contribution in [1.29, 1.82) is 0 Å². The third-order valence-corrected chi connectivity index (χ3v) is 5.31. The molecule has 4 rings (SSSR count). The molecule has 4 aromatic rings. The number of nitrogens with one attached hydrogen (secondary N) is 1. The highest BCUT2D eigenvalue weighted by atomic mass is 35.5. The Bertz CT molecular complexity index is 1140. The quantitative estimate of drug-likeness (QED) is 0.333. The second kappa shape index (κ2) is 9.41. The molecule has 0 fully saturated rings. The number of fused-ring (bicyclic) bond motifs is 1. The van der Waals surface area contributed by atoms with Crippen molar-refractivity contribution in [3.8, 4) is 28.7 Å². The Labute approximate surface area is 187 Å². The Hall–Kier alpha value is -3.02. The third kappa shape index (κ3) is 5.19. The molecule has 0 saturated heterocycles. The van der Waals surface area contributed by atoms with Gasteiger partial charge in [0, 0.05) is 22.7 Å². The first-order valence-electron chi connectivity index (χ1n) is 10.4. The summed E-state index contributed by atoms with van der Waals surface area (Å²) in [4.78, 5) is 4.60. The van der Waals surface area contributed by atoms with Gasteiger partial charge in [0.25, 0.3) is 0 Å². The fourth-order valence-corrected chi connectivity index (χ4v) is 3.34. The van der Waals surface area contributed by atoms with E-state index in [0.717, 1.165) is 23.4 Å². The molecule has 0 aliphatic carbocycles. The van der Waals surface area contributed by atoms with Crippen LogP contribution in [0, 0.1) is 0 Å². The topological polar surface area (TPSA) is 56.5 Å². The van der Waals surface area contributed by atoms with Gasteiger partial charge in [-0.1, -0.05) is 18.5 Å². The minimum absolute atomic E-state index is 0.0641. The number of nitrogens with zero attached hydrogens (tertiary/aromatic N) is 1. The number of benzene rings is 3. The van der Waals surface area contributed by atoms with E-state index in [9.17, 15) is 0 Å². The fourth-order valence-electron chi connectivity index (χ4n) is 3.21. The molecule has 0 amide bonds. The fraction of sp³-hybridized carbons (Fsp3) is 0.240. The molecule has 3 aromatic carbocycles. The van der Waals surface area contributed by atoms with Gasteiger partial charge in [-0.05, 0) is 81.1 Å². The van der Waals surface area contributed by atoms with Crippen molar-refractivity contribution in [2.24, 2.45) is 0 Å². The lowest BCUT2D eigenvalue weighted by Gasteiger charge is -2.22. The van der Waals surface area contributed by atoms with E-state index in [2.05, 4.69) is 31.1 Å². The molecule has 1 aromatic heterocycles. The van der Waals surface area contributed by atoms with Gasteiger partial charge in [0.15, 0.2) is 5.58 Å². The molecule has 6 heteroatoms. The zero-order chi connectivity index (χ0) is 21.8. The van der Waals surface area contributed by atoms with Gasteiger partial charge in [-0.3, -0.25) is 0 Å². The summed E-state index contributed by atoms with van der Waals surface area (Å²) >= 11 is 5.93. The molecule has 2 unspecified atom stereocenters. The van der Waals surface area contributed by atoms with Crippen molar-refractivity contribution in [1.82, 2.24) is 10.3 Å². The number of halogens is 1. The summed E-state index contributed by atoms with van der Waals surface area (Å²) in [5, 5.41) is 4.04. The smallest absolute Gasteiger partial charge is 0.227 e. The number of aromatic nitrogens is 1. The predicted octanol–water partition coefficient (Wildman–Crippen LogP) is 6.71. The van der Waals surface area contributed by atoms with Crippen molar-refractivity contribution in [2.75, 3.05) is 6.54 Å². The Morgan fingerprint density at radius 1 is 0.935 bits per heavy atom. The minimum Gasteiger partial charge on any atom is -0.489 e. The zero-order valence-electron chi connectivity index (χ0n) is 17.8. The molecule has 2 atom stereocenters. The van der Waals surface area contributed by atoms with Crippen LogP contribution in [0.15, 0.2) is 71.1 Å². The maximum absolute atomic E-state index is 6.02. The average molecular weight is 437 g/mol. The van der Waals surface area contributed by atoms with Gasteiger partial charge >= 0.3 is 0 Å². The van der Waals surface area contributed by atoms with Crippen LogP contribution in [0.5, 0.6) is 17.2 Å². The SMILES string of the molecule is CCNC(C)C(C)Oc1ccc(-c2nc3ccc(Oc4ccc(Cl)cc4)cc3o2)cc1. The van der Waals surface area contributed by atoms with E-state index in [1.807, 2.05) is 54.6 Å². The zero-order valence-corrected chi connectivity index (χ0v) is 18.5. The molecule has 1 N–H and O–H groups in total. The van der Waals surface area contributed by atoms with Gasteiger partial charge in [0.05, 0.1) is 0 Å². The first-order valence-corrected chi connectivity index (χ1v) is 10.7. The van der Waals surface area contributed by atoms with Crippen LogP contribution in [0.4, 0.5) is 0 Å². The number of hydrogen-bond acceptors (Lipinski definition) is 5. The standard InChI is InChI=1S/C25H25ClN2O3/c1-4-27-16(2)17(3)29-20-9-5-18(6-10-20)25-28-23-14-13-22(15-24(23)31-25)30-21-11-7-19(26)8-12-21/h5-17,27H,4H2,1-3H3. The van der Waals surface area contributed by atoms with E-state index in [0.29, 0.717) is 28.0 Å². The molecule has 160 valence electrons. The van der Waals surface area contributed by atoms with Crippen LogP contribution in [0.1, 0.15) is 20.8 Å². The van der Waals surface area contributed by atoms with Crippen LogP contribution in [0.25, 0.3) is 22.6 Å². The Balaban J connectivity index is 1.48. The molecule has 1 heterocycles. The Morgan fingerprint density at radius 2 is 1.61 bits per heavy atom. The highest BCUT2D eigenvalue weighted by Gasteiger charge is 2.14. The second-order valence-electron chi connectivity index (χ2n) is 7.40. The summed E-state index contributed by atoms with van der Waals surface area (Å²) in [6.07, 6.45) is 0.0641.